The number of nitrogens with zero attached hydrogens (tertiary/aromatic N) is 2. The fourth-order valence-corrected chi connectivity index (χ4v) is 2.42. The van der Waals surface area contributed by atoms with E-state index < -0.39 is 17.8 Å². The van der Waals surface area contributed by atoms with Gasteiger partial charge in [-0.05, 0) is 12.8 Å². The average molecular weight is 298 g/mol. The summed E-state index contributed by atoms with van der Waals surface area (Å²) < 4.78 is 1.62. The van der Waals surface area contributed by atoms with Crippen LogP contribution in [0.2, 0.25) is 5.02 Å². The second-order valence-corrected chi connectivity index (χ2v) is 5.14. The Kier molecular flexibility index (Phi) is 4.79. The first-order chi connectivity index (χ1) is 9.58. The van der Waals surface area contributed by atoms with Crippen molar-refractivity contribution in [3.63, 3.8) is 0 Å². The van der Waals surface area contributed by atoms with E-state index in [4.69, 9.17) is 16.7 Å². The van der Waals surface area contributed by atoms with Crippen LogP contribution >= 0.6 is 11.6 Å². The van der Waals surface area contributed by atoms with Crippen molar-refractivity contribution in [2.75, 3.05) is 6.54 Å². The second-order valence-electron chi connectivity index (χ2n) is 4.71. The Hall–Kier alpha value is -1.82. The molecule has 0 fully saturated rings. The van der Waals surface area contributed by atoms with Gasteiger partial charge in [-0.1, -0.05) is 23.8 Å². The van der Waals surface area contributed by atoms with Crippen molar-refractivity contribution in [3.8, 4) is 0 Å². The van der Waals surface area contributed by atoms with Gasteiger partial charge in [-0.25, -0.2) is 0 Å². The standard InChI is InChI=1S/C13H16ClN3O3/c14-9-7-16-17(8-9)6-5-15-12(18)10-3-1-2-4-11(10)13(19)20/h1-2,7-8,10-11H,3-6H2,(H,15,18)(H,19,20). The van der Waals surface area contributed by atoms with Crippen LogP contribution in [0.15, 0.2) is 24.5 Å². The lowest BCUT2D eigenvalue weighted by atomic mass is 9.82. The zero-order valence-electron chi connectivity index (χ0n) is 10.8. The molecule has 1 aromatic rings. The third-order valence-corrected chi connectivity index (χ3v) is 3.52. The van der Waals surface area contributed by atoms with Gasteiger partial charge in [-0.3, -0.25) is 14.3 Å². The summed E-state index contributed by atoms with van der Waals surface area (Å²) in [7, 11) is 0. The normalized spacial score (nSPS) is 21.6. The van der Waals surface area contributed by atoms with E-state index in [9.17, 15) is 9.59 Å². The van der Waals surface area contributed by atoms with Gasteiger partial charge in [0.05, 0.1) is 29.6 Å². The molecule has 2 N–H and O–H groups in total. The Morgan fingerprint density at radius 2 is 2.10 bits per heavy atom. The average Bonchev–Trinajstić information content (AvgIpc) is 2.84. The van der Waals surface area contributed by atoms with Gasteiger partial charge in [0.25, 0.3) is 0 Å². The van der Waals surface area contributed by atoms with Crippen LogP contribution in [0.25, 0.3) is 0 Å². The number of allylic oxidation sites excluding steroid dienone is 2. The summed E-state index contributed by atoms with van der Waals surface area (Å²) in [6.07, 6.45) is 7.73. The molecular weight excluding hydrogens is 282 g/mol. The number of hydrogen-bond acceptors (Lipinski definition) is 3. The summed E-state index contributed by atoms with van der Waals surface area (Å²) in [4.78, 5) is 23.2. The third-order valence-electron chi connectivity index (χ3n) is 3.33. The van der Waals surface area contributed by atoms with Gasteiger partial charge in [-0.15, -0.1) is 0 Å². The van der Waals surface area contributed by atoms with Crippen LogP contribution in [-0.2, 0) is 16.1 Å². The lowest BCUT2D eigenvalue weighted by Crippen LogP contribution is -2.39. The van der Waals surface area contributed by atoms with Crippen molar-refractivity contribution in [1.29, 1.82) is 0 Å². The first-order valence-corrected chi connectivity index (χ1v) is 6.79. The highest BCUT2D eigenvalue weighted by Crippen LogP contribution is 2.25. The van der Waals surface area contributed by atoms with E-state index in [1.165, 1.54) is 6.20 Å². The summed E-state index contributed by atoms with van der Waals surface area (Å²) in [5.41, 5.74) is 0. The quantitative estimate of drug-likeness (QED) is 0.803. The molecule has 20 heavy (non-hydrogen) atoms. The predicted molar refractivity (Wildman–Crippen MR) is 73.2 cm³/mol. The Balaban J connectivity index is 1.84. The van der Waals surface area contributed by atoms with Crippen molar-refractivity contribution in [2.24, 2.45) is 11.8 Å². The zero-order valence-corrected chi connectivity index (χ0v) is 11.6. The summed E-state index contributed by atoms with van der Waals surface area (Å²) in [6.45, 7) is 0.891. The summed E-state index contributed by atoms with van der Waals surface area (Å²) >= 11 is 5.73. The number of nitrogens with one attached hydrogen (secondary N) is 1. The third kappa shape index (κ3) is 3.60. The van der Waals surface area contributed by atoms with Gasteiger partial charge in [0.1, 0.15) is 0 Å². The summed E-state index contributed by atoms with van der Waals surface area (Å²) in [5.74, 6) is -2.29. The molecule has 0 radical (unpaired) electrons. The number of carbonyl (C=O) groups is 2. The number of amides is 1. The highest BCUT2D eigenvalue weighted by molar-refractivity contribution is 6.30. The van der Waals surface area contributed by atoms with E-state index >= 15 is 0 Å². The topological polar surface area (TPSA) is 84.2 Å². The zero-order chi connectivity index (χ0) is 14.5. The van der Waals surface area contributed by atoms with E-state index in [1.807, 2.05) is 12.2 Å². The molecule has 0 saturated heterocycles. The van der Waals surface area contributed by atoms with Crippen molar-refractivity contribution in [2.45, 2.75) is 19.4 Å². The molecule has 1 aliphatic rings. The smallest absolute Gasteiger partial charge is 0.307 e. The van der Waals surface area contributed by atoms with Crippen LogP contribution in [0.5, 0.6) is 0 Å². The minimum Gasteiger partial charge on any atom is -0.481 e. The fourth-order valence-electron chi connectivity index (χ4n) is 2.26. The maximum atomic E-state index is 12.0. The van der Waals surface area contributed by atoms with Crippen LogP contribution < -0.4 is 5.32 Å². The Morgan fingerprint density at radius 1 is 1.40 bits per heavy atom. The van der Waals surface area contributed by atoms with Crippen LogP contribution in [0, 0.1) is 11.8 Å². The van der Waals surface area contributed by atoms with Gasteiger partial charge in [0, 0.05) is 12.7 Å². The number of hydrogen-bond donors (Lipinski definition) is 2. The number of aromatic nitrogens is 2. The molecule has 0 aromatic carbocycles. The van der Waals surface area contributed by atoms with Gasteiger partial charge < -0.3 is 10.4 Å². The van der Waals surface area contributed by atoms with Gasteiger partial charge in [0.2, 0.25) is 5.91 Å². The summed E-state index contributed by atoms with van der Waals surface area (Å²) in [6, 6.07) is 0. The molecule has 1 amide bonds. The van der Waals surface area contributed by atoms with E-state index in [2.05, 4.69) is 10.4 Å². The van der Waals surface area contributed by atoms with Crippen molar-refractivity contribution in [1.82, 2.24) is 15.1 Å². The molecule has 1 aliphatic carbocycles. The minimum atomic E-state index is -0.923. The van der Waals surface area contributed by atoms with Crippen LogP contribution in [-0.4, -0.2) is 33.3 Å². The van der Waals surface area contributed by atoms with Crippen LogP contribution in [0.4, 0.5) is 0 Å². The van der Waals surface area contributed by atoms with Gasteiger partial charge >= 0.3 is 5.97 Å². The Labute approximate surface area is 121 Å². The molecule has 2 rings (SSSR count). The fraction of sp³-hybridized carbons (Fsp3) is 0.462. The molecule has 7 heteroatoms. The van der Waals surface area contributed by atoms with Gasteiger partial charge in [0.15, 0.2) is 0 Å². The highest BCUT2D eigenvalue weighted by atomic mass is 35.5. The molecule has 6 nitrogen and oxygen atoms in total. The molecular formula is C13H16ClN3O3. The molecule has 0 spiro atoms. The molecule has 1 aromatic heterocycles. The number of carbonyl (C=O) groups excluding carboxylic acids is 1. The van der Waals surface area contributed by atoms with E-state index in [0.717, 1.165) is 0 Å². The van der Waals surface area contributed by atoms with E-state index in [1.54, 1.807) is 10.9 Å². The van der Waals surface area contributed by atoms with Crippen LogP contribution in [0.3, 0.4) is 0 Å². The first-order valence-electron chi connectivity index (χ1n) is 6.41. The molecule has 2 unspecified atom stereocenters. The molecule has 0 saturated carbocycles. The SMILES string of the molecule is O=C(O)C1CC=CCC1C(=O)NCCn1cc(Cl)cn1. The summed E-state index contributed by atoms with van der Waals surface area (Å²) in [5, 5.41) is 16.4. The lowest BCUT2D eigenvalue weighted by molar-refractivity contribution is -0.147. The predicted octanol–water partition coefficient (Wildman–Crippen LogP) is 1.32. The number of carboxylic acid groups (broad SMARTS) is 1. The van der Waals surface area contributed by atoms with E-state index in [0.29, 0.717) is 31.0 Å². The molecule has 108 valence electrons. The van der Waals surface area contributed by atoms with Crippen molar-refractivity contribution >= 4 is 23.5 Å². The monoisotopic (exact) mass is 297 g/mol. The lowest BCUT2D eigenvalue weighted by Gasteiger charge is -2.24. The number of aliphatic carboxylic acids is 1. The Bertz CT molecular complexity index is 527. The highest BCUT2D eigenvalue weighted by Gasteiger charge is 2.33. The number of halogens is 1. The van der Waals surface area contributed by atoms with Gasteiger partial charge in [-0.2, -0.15) is 5.10 Å². The van der Waals surface area contributed by atoms with Crippen molar-refractivity contribution < 1.29 is 14.7 Å². The molecule has 2 atom stereocenters. The molecule has 0 bridgehead atoms. The van der Waals surface area contributed by atoms with E-state index in [-0.39, 0.29) is 5.91 Å². The first kappa shape index (κ1) is 14.6. The van der Waals surface area contributed by atoms with Crippen LogP contribution in [0.1, 0.15) is 12.8 Å². The number of carboxylic acids is 1. The Morgan fingerprint density at radius 3 is 2.70 bits per heavy atom. The van der Waals surface area contributed by atoms with Crippen molar-refractivity contribution in [3.05, 3.63) is 29.6 Å². The minimum absolute atomic E-state index is 0.222. The number of rotatable bonds is 5. The largest absolute Gasteiger partial charge is 0.481 e. The second kappa shape index (κ2) is 6.56. The maximum absolute atomic E-state index is 12.0. The molecule has 1 heterocycles. The molecule has 0 aliphatic heterocycles. The maximum Gasteiger partial charge on any atom is 0.307 e.